The van der Waals surface area contributed by atoms with Gasteiger partial charge in [-0.1, -0.05) is 37.3 Å². The lowest BCUT2D eigenvalue weighted by atomic mass is 9.69. The molecule has 0 radical (unpaired) electrons. The molecule has 0 saturated carbocycles. The number of methoxy groups -OCH3 is 1. The zero-order valence-electron chi connectivity index (χ0n) is 20.4. The highest BCUT2D eigenvalue weighted by Crippen LogP contribution is 2.45. The average molecular weight is 492 g/mol. The minimum Gasteiger partial charge on any atom is -0.508 e. The number of aromatic hydroxyl groups is 1. The van der Waals surface area contributed by atoms with Gasteiger partial charge < -0.3 is 24.6 Å². The van der Waals surface area contributed by atoms with Crippen molar-refractivity contribution in [3.63, 3.8) is 0 Å². The third-order valence-corrected chi connectivity index (χ3v) is 6.52. The molecule has 36 heavy (non-hydrogen) atoms. The minimum atomic E-state index is -0.967. The maximum absolute atomic E-state index is 13.7. The van der Waals surface area contributed by atoms with Crippen molar-refractivity contribution in [2.24, 2.45) is 11.8 Å². The highest BCUT2D eigenvalue weighted by molar-refractivity contribution is 6.12. The van der Waals surface area contributed by atoms with E-state index < -0.39 is 23.8 Å². The first-order chi connectivity index (χ1) is 17.3. The Bertz CT molecular complexity index is 1210. The molecule has 188 valence electrons. The number of esters is 2. The number of phenolic OH excluding ortho intramolecular Hbond substituents is 1. The molecule has 8 heteroatoms. The quantitative estimate of drug-likeness (QED) is 0.343. The lowest BCUT2D eigenvalue weighted by Gasteiger charge is -2.38. The Labute approximate surface area is 209 Å². The van der Waals surface area contributed by atoms with E-state index in [4.69, 9.17) is 14.2 Å². The maximum Gasteiger partial charge on any atom is 0.336 e. The standard InChI is InChI=1S/C28H29NO7/c1-16-15-21-25(26(31)22(16)27(32)34-3)24(18-9-11-19(30)12-10-18)23(17(2)29-21)28(33)36-14-13-35-20-7-5-4-6-8-20/h4-12,16,22,24,29-30H,13-15H2,1-3H3/t16-,22+,24+/m1/s1. The number of hydrogen-bond acceptors (Lipinski definition) is 8. The molecular weight excluding hydrogens is 462 g/mol. The number of hydrogen-bond donors (Lipinski definition) is 2. The molecule has 0 unspecified atom stereocenters. The Morgan fingerprint density at radius 2 is 1.75 bits per heavy atom. The summed E-state index contributed by atoms with van der Waals surface area (Å²) in [6.07, 6.45) is 0.444. The predicted molar refractivity (Wildman–Crippen MR) is 131 cm³/mol. The number of carbonyl (C=O) groups is 3. The van der Waals surface area contributed by atoms with Gasteiger partial charge >= 0.3 is 11.9 Å². The van der Waals surface area contributed by atoms with Crippen LogP contribution in [0.5, 0.6) is 11.5 Å². The summed E-state index contributed by atoms with van der Waals surface area (Å²) in [4.78, 5) is 39.5. The highest BCUT2D eigenvalue weighted by Gasteiger charge is 2.47. The number of allylic oxidation sites excluding steroid dienone is 3. The minimum absolute atomic E-state index is 0.00841. The zero-order valence-corrected chi connectivity index (χ0v) is 20.4. The largest absolute Gasteiger partial charge is 0.508 e. The second kappa shape index (κ2) is 10.7. The number of rotatable bonds is 7. The molecule has 8 nitrogen and oxygen atoms in total. The van der Waals surface area contributed by atoms with Crippen molar-refractivity contribution in [1.82, 2.24) is 5.32 Å². The molecule has 0 aromatic heterocycles. The van der Waals surface area contributed by atoms with Crippen molar-refractivity contribution < 1.29 is 33.7 Å². The third kappa shape index (κ3) is 4.98. The van der Waals surface area contributed by atoms with Gasteiger partial charge in [0.05, 0.1) is 12.7 Å². The first-order valence-corrected chi connectivity index (χ1v) is 11.8. The monoisotopic (exact) mass is 491 g/mol. The fourth-order valence-electron chi connectivity index (χ4n) is 4.84. The molecule has 2 aromatic rings. The molecule has 0 spiro atoms. The first-order valence-electron chi connectivity index (χ1n) is 11.8. The van der Waals surface area contributed by atoms with E-state index in [-0.39, 0.29) is 36.2 Å². The van der Waals surface area contributed by atoms with Crippen molar-refractivity contribution in [2.75, 3.05) is 20.3 Å². The van der Waals surface area contributed by atoms with Crippen molar-refractivity contribution in [1.29, 1.82) is 0 Å². The summed E-state index contributed by atoms with van der Waals surface area (Å²) >= 11 is 0. The number of phenols is 1. The Morgan fingerprint density at radius 1 is 1.06 bits per heavy atom. The van der Waals surface area contributed by atoms with E-state index in [0.29, 0.717) is 34.7 Å². The molecule has 1 heterocycles. The van der Waals surface area contributed by atoms with Gasteiger partial charge in [0, 0.05) is 22.9 Å². The molecule has 2 N–H and O–H groups in total. The van der Waals surface area contributed by atoms with Gasteiger partial charge in [-0.15, -0.1) is 0 Å². The molecule has 2 aliphatic rings. The van der Waals surface area contributed by atoms with Crippen molar-refractivity contribution in [2.45, 2.75) is 26.2 Å². The smallest absolute Gasteiger partial charge is 0.336 e. The maximum atomic E-state index is 13.7. The van der Waals surface area contributed by atoms with Crippen LogP contribution in [0.15, 0.2) is 77.1 Å². The van der Waals surface area contributed by atoms with Crippen LogP contribution < -0.4 is 10.1 Å². The topological polar surface area (TPSA) is 111 Å². The number of ether oxygens (including phenoxy) is 3. The van der Waals surface area contributed by atoms with E-state index >= 15 is 0 Å². The van der Waals surface area contributed by atoms with Gasteiger partial charge in [0.1, 0.15) is 30.6 Å². The number of nitrogens with one attached hydrogen (secondary N) is 1. The molecule has 0 fully saturated rings. The molecule has 0 amide bonds. The molecule has 1 aliphatic heterocycles. The molecule has 0 bridgehead atoms. The van der Waals surface area contributed by atoms with Crippen molar-refractivity contribution in [3.05, 3.63) is 82.7 Å². The van der Waals surface area contributed by atoms with Gasteiger partial charge in [0.25, 0.3) is 0 Å². The van der Waals surface area contributed by atoms with Gasteiger partial charge in [-0.05, 0) is 49.1 Å². The van der Waals surface area contributed by atoms with Crippen LogP contribution in [0, 0.1) is 11.8 Å². The molecule has 1 aliphatic carbocycles. The van der Waals surface area contributed by atoms with Crippen LogP contribution in [-0.2, 0) is 23.9 Å². The van der Waals surface area contributed by atoms with Crippen LogP contribution in [0.25, 0.3) is 0 Å². The average Bonchev–Trinajstić information content (AvgIpc) is 2.86. The lowest BCUT2D eigenvalue weighted by molar-refractivity contribution is -0.151. The molecule has 2 aromatic carbocycles. The van der Waals surface area contributed by atoms with Gasteiger partial charge in [0.2, 0.25) is 0 Å². The van der Waals surface area contributed by atoms with Crippen LogP contribution in [0.3, 0.4) is 0 Å². The van der Waals surface area contributed by atoms with Crippen LogP contribution in [-0.4, -0.2) is 43.2 Å². The number of para-hydroxylation sites is 1. The number of carbonyl (C=O) groups excluding carboxylic acids is 3. The fraction of sp³-hybridized carbons (Fsp3) is 0.321. The summed E-state index contributed by atoms with van der Waals surface area (Å²) in [7, 11) is 1.26. The second-order valence-corrected chi connectivity index (χ2v) is 8.92. The SMILES string of the molecule is COC(=O)[C@@H]1C(=O)C2=C(C[C@H]1C)NC(C)=C(C(=O)OCCOc1ccccc1)[C@@H]2c1ccc(O)cc1. The van der Waals surface area contributed by atoms with E-state index in [2.05, 4.69) is 5.32 Å². The van der Waals surface area contributed by atoms with Gasteiger partial charge in [-0.2, -0.15) is 0 Å². The third-order valence-electron chi connectivity index (χ3n) is 6.52. The highest BCUT2D eigenvalue weighted by atomic mass is 16.6. The molecular formula is C28H29NO7. The Hall–Kier alpha value is -4.07. The molecule has 0 saturated heterocycles. The number of benzene rings is 2. The first kappa shape index (κ1) is 25.0. The summed E-state index contributed by atoms with van der Waals surface area (Å²) in [6, 6.07) is 15.5. The lowest BCUT2D eigenvalue weighted by Crippen LogP contribution is -2.43. The summed E-state index contributed by atoms with van der Waals surface area (Å²) in [5.41, 5.74) is 2.47. The number of dihydropyridines is 1. The van der Waals surface area contributed by atoms with E-state index in [1.165, 1.54) is 19.2 Å². The summed E-state index contributed by atoms with van der Waals surface area (Å²) in [5, 5.41) is 13.0. The second-order valence-electron chi connectivity index (χ2n) is 8.92. The van der Waals surface area contributed by atoms with Crippen molar-refractivity contribution in [3.8, 4) is 11.5 Å². The molecule has 4 rings (SSSR count). The fourth-order valence-corrected chi connectivity index (χ4v) is 4.84. The predicted octanol–water partition coefficient (Wildman–Crippen LogP) is 3.63. The van der Waals surface area contributed by atoms with Gasteiger partial charge in [0.15, 0.2) is 5.78 Å². The summed E-state index contributed by atoms with van der Waals surface area (Å²) < 4.78 is 16.1. The molecule has 3 atom stereocenters. The Balaban J connectivity index is 1.63. The van der Waals surface area contributed by atoms with E-state index in [1.54, 1.807) is 19.1 Å². The van der Waals surface area contributed by atoms with Crippen molar-refractivity contribution >= 4 is 17.7 Å². The van der Waals surface area contributed by atoms with Crippen LogP contribution in [0.2, 0.25) is 0 Å². The zero-order chi connectivity index (χ0) is 25.8. The van der Waals surface area contributed by atoms with Gasteiger partial charge in [-0.25, -0.2) is 4.79 Å². The van der Waals surface area contributed by atoms with Crippen LogP contribution >= 0.6 is 0 Å². The summed E-state index contributed by atoms with van der Waals surface area (Å²) in [6.45, 7) is 3.76. The normalized spacial score (nSPS) is 21.4. The summed E-state index contributed by atoms with van der Waals surface area (Å²) in [5.74, 6) is -2.86. The number of Topliss-reactive ketones (excluding diaryl/α,β-unsaturated/α-hetero) is 1. The van der Waals surface area contributed by atoms with E-state index in [0.717, 1.165) is 0 Å². The van der Waals surface area contributed by atoms with Crippen LogP contribution in [0.1, 0.15) is 31.7 Å². The number of ketones is 1. The Morgan fingerprint density at radius 3 is 2.42 bits per heavy atom. The van der Waals surface area contributed by atoms with Gasteiger partial charge in [-0.3, -0.25) is 9.59 Å². The van der Waals surface area contributed by atoms with E-state index in [9.17, 15) is 19.5 Å². The van der Waals surface area contributed by atoms with E-state index in [1.807, 2.05) is 37.3 Å². The Kier molecular flexibility index (Phi) is 7.43. The van der Waals surface area contributed by atoms with Crippen LogP contribution in [0.4, 0.5) is 0 Å².